The summed E-state index contributed by atoms with van der Waals surface area (Å²) in [7, 11) is -3.63. The molecule has 168 valence electrons. The predicted octanol–water partition coefficient (Wildman–Crippen LogP) is 2.91. The zero-order chi connectivity index (χ0) is 22.6. The number of hydrogen-bond acceptors (Lipinski definition) is 5. The monoisotopic (exact) mass is 449 g/mol. The Kier molecular flexibility index (Phi) is 7.42. The summed E-state index contributed by atoms with van der Waals surface area (Å²) >= 11 is 0. The topological polar surface area (TPSA) is 87.7 Å². The van der Waals surface area contributed by atoms with Crippen molar-refractivity contribution in [1.82, 2.24) is 9.62 Å². The van der Waals surface area contributed by atoms with Crippen molar-refractivity contribution in [3.8, 4) is 0 Å². The van der Waals surface area contributed by atoms with Crippen LogP contribution in [0.2, 0.25) is 0 Å². The molecule has 2 aromatic carbocycles. The van der Waals surface area contributed by atoms with Gasteiger partial charge < -0.3 is 15.4 Å². The van der Waals surface area contributed by atoms with Crippen LogP contribution in [0.5, 0.6) is 0 Å². The Labute approximate surface area is 182 Å². The normalized spacial score (nSPS) is 20.9. The van der Waals surface area contributed by atoms with Gasteiger partial charge in [-0.2, -0.15) is 4.31 Å². The summed E-state index contributed by atoms with van der Waals surface area (Å²) in [5.41, 5.74) is 1.24. The standard InChI is InChI=1S/C22H28FN3O4S/c1-15-13-26(14-16(2)30-15)31(28,29)21-9-7-20(8-10-21)25-22(27)12-24-17(3)18-5-4-6-19(23)11-18/h4-11,15-17,24H,12-14H2,1-3H3,(H,25,27)/t15-,16+,17-/m0/s1. The Balaban J connectivity index is 1.57. The minimum absolute atomic E-state index is 0.0291. The molecule has 0 aliphatic carbocycles. The van der Waals surface area contributed by atoms with Crippen LogP contribution in [-0.2, 0) is 19.6 Å². The number of halogens is 1. The van der Waals surface area contributed by atoms with E-state index in [2.05, 4.69) is 10.6 Å². The second-order valence-corrected chi connectivity index (χ2v) is 9.75. The molecule has 3 rings (SSSR count). The van der Waals surface area contributed by atoms with Gasteiger partial charge in [0.25, 0.3) is 0 Å². The van der Waals surface area contributed by atoms with E-state index in [1.54, 1.807) is 24.3 Å². The van der Waals surface area contributed by atoms with Gasteiger partial charge in [0.15, 0.2) is 0 Å². The first-order valence-electron chi connectivity index (χ1n) is 10.2. The molecular weight excluding hydrogens is 421 g/mol. The van der Waals surface area contributed by atoms with Gasteiger partial charge in [0.05, 0.1) is 23.6 Å². The van der Waals surface area contributed by atoms with Gasteiger partial charge in [0, 0.05) is 24.8 Å². The highest BCUT2D eigenvalue weighted by molar-refractivity contribution is 7.89. The fraction of sp³-hybridized carbons (Fsp3) is 0.409. The number of carbonyl (C=O) groups is 1. The average Bonchev–Trinajstić information content (AvgIpc) is 2.71. The number of carbonyl (C=O) groups excluding carboxylic acids is 1. The van der Waals surface area contributed by atoms with Gasteiger partial charge in [-0.1, -0.05) is 12.1 Å². The molecule has 0 unspecified atom stereocenters. The van der Waals surface area contributed by atoms with E-state index in [4.69, 9.17) is 4.74 Å². The van der Waals surface area contributed by atoms with Crippen LogP contribution >= 0.6 is 0 Å². The molecule has 1 fully saturated rings. The molecule has 2 N–H and O–H groups in total. The third kappa shape index (κ3) is 6.10. The Morgan fingerprint density at radius 1 is 1.16 bits per heavy atom. The molecule has 1 amide bonds. The molecule has 3 atom stereocenters. The number of sulfonamides is 1. The lowest BCUT2D eigenvalue weighted by molar-refractivity contribution is -0.115. The quantitative estimate of drug-likeness (QED) is 0.679. The van der Waals surface area contributed by atoms with E-state index in [1.807, 2.05) is 20.8 Å². The van der Waals surface area contributed by atoms with Crippen LogP contribution in [0, 0.1) is 5.82 Å². The average molecular weight is 450 g/mol. The zero-order valence-electron chi connectivity index (χ0n) is 17.8. The minimum atomic E-state index is -3.63. The SMILES string of the molecule is C[C@@H]1CN(S(=O)(=O)c2ccc(NC(=O)CN[C@@H](C)c3cccc(F)c3)cc2)C[C@H](C)O1. The van der Waals surface area contributed by atoms with Crippen molar-refractivity contribution >= 4 is 21.6 Å². The van der Waals surface area contributed by atoms with Gasteiger partial charge in [0.1, 0.15) is 5.82 Å². The van der Waals surface area contributed by atoms with Gasteiger partial charge in [0.2, 0.25) is 15.9 Å². The van der Waals surface area contributed by atoms with Crippen LogP contribution in [0.3, 0.4) is 0 Å². The molecule has 0 bridgehead atoms. The van der Waals surface area contributed by atoms with Crippen molar-refractivity contribution in [3.05, 3.63) is 59.9 Å². The molecule has 1 aliphatic heterocycles. The predicted molar refractivity (Wildman–Crippen MR) is 117 cm³/mol. The fourth-order valence-corrected chi connectivity index (χ4v) is 5.12. The summed E-state index contributed by atoms with van der Waals surface area (Å²) in [6, 6.07) is 12.1. The molecule has 1 saturated heterocycles. The number of nitrogens with zero attached hydrogens (tertiary/aromatic N) is 1. The number of amides is 1. The van der Waals surface area contributed by atoms with Crippen molar-refractivity contribution < 1.29 is 22.3 Å². The Morgan fingerprint density at radius 2 is 1.81 bits per heavy atom. The Morgan fingerprint density at radius 3 is 2.42 bits per heavy atom. The molecule has 0 saturated carbocycles. The maximum Gasteiger partial charge on any atom is 0.243 e. The molecule has 7 nitrogen and oxygen atoms in total. The third-order valence-corrected chi connectivity index (χ3v) is 6.93. The molecule has 0 aromatic heterocycles. The van der Waals surface area contributed by atoms with Crippen LogP contribution in [0.25, 0.3) is 0 Å². The highest BCUT2D eigenvalue weighted by Crippen LogP contribution is 2.22. The summed E-state index contributed by atoms with van der Waals surface area (Å²) in [5.74, 6) is -0.610. The van der Waals surface area contributed by atoms with Crippen LogP contribution in [0.1, 0.15) is 32.4 Å². The van der Waals surface area contributed by atoms with E-state index in [9.17, 15) is 17.6 Å². The highest BCUT2D eigenvalue weighted by Gasteiger charge is 2.32. The van der Waals surface area contributed by atoms with E-state index >= 15 is 0 Å². The molecule has 1 heterocycles. The van der Waals surface area contributed by atoms with Crippen molar-refractivity contribution in [2.24, 2.45) is 0 Å². The van der Waals surface area contributed by atoms with Crippen LogP contribution < -0.4 is 10.6 Å². The third-order valence-electron chi connectivity index (χ3n) is 5.08. The summed E-state index contributed by atoms with van der Waals surface area (Å²) in [5, 5.41) is 5.77. The molecule has 9 heteroatoms. The molecule has 2 aromatic rings. The Hall–Kier alpha value is -2.33. The van der Waals surface area contributed by atoms with Crippen LogP contribution in [0.15, 0.2) is 53.4 Å². The van der Waals surface area contributed by atoms with E-state index in [0.717, 1.165) is 5.56 Å². The van der Waals surface area contributed by atoms with Crippen molar-refractivity contribution in [3.63, 3.8) is 0 Å². The number of ether oxygens (including phenoxy) is 1. The number of hydrogen-bond donors (Lipinski definition) is 2. The van der Waals surface area contributed by atoms with Gasteiger partial charge in [-0.15, -0.1) is 0 Å². The number of morpholine rings is 1. The maximum atomic E-state index is 13.3. The number of rotatable bonds is 7. The first-order valence-corrected chi connectivity index (χ1v) is 11.6. The second kappa shape index (κ2) is 9.86. The summed E-state index contributed by atoms with van der Waals surface area (Å²) in [4.78, 5) is 12.4. The molecular formula is C22H28FN3O4S. The Bertz CT molecular complexity index is 1000. The second-order valence-electron chi connectivity index (χ2n) is 7.81. The lowest BCUT2D eigenvalue weighted by atomic mass is 10.1. The van der Waals surface area contributed by atoms with Gasteiger partial charge >= 0.3 is 0 Å². The molecule has 0 spiro atoms. The van der Waals surface area contributed by atoms with Crippen LogP contribution in [0.4, 0.5) is 10.1 Å². The molecule has 1 aliphatic rings. The van der Waals surface area contributed by atoms with E-state index in [0.29, 0.717) is 18.8 Å². The van der Waals surface area contributed by atoms with E-state index < -0.39 is 10.0 Å². The van der Waals surface area contributed by atoms with Gasteiger partial charge in [-0.25, -0.2) is 12.8 Å². The van der Waals surface area contributed by atoms with Gasteiger partial charge in [-0.3, -0.25) is 4.79 Å². The lowest BCUT2D eigenvalue weighted by Crippen LogP contribution is -2.48. The number of nitrogens with one attached hydrogen (secondary N) is 2. The largest absolute Gasteiger partial charge is 0.373 e. The number of benzene rings is 2. The highest BCUT2D eigenvalue weighted by atomic mass is 32.2. The smallest absolute Gasteiger partial charge is 0.243 e. The zero-order valence-corrected chi connectivity index (χ0v) is 18.7. The van der Waals surface area contributed by atoms with Crippen molar-refractivity contribution in [1.29, 1.82) is 0 Å². The van der Waals surface area contributed by atoms with E-state index in [-0.39, 0.29) is 41.4 Å². The summed E-state index contributed by atoms with van der Waals surface area (Å²) in [6.45, 7) is 6.18. The van der Waals surface area contributed by atoms with Gasteiger partial charge in [-0.05, 0) is 62.7 Å². The molecule has 0 radical (unpaired) electrons. The van der Waals surface area contributed by atoms with Crippen LogP contribution in [-0.4, -0.2) is 50.5 Å². The van der Waals surface area contributed by atoms with Crippen molar-refractivity contribution in [2.75, 3.05) is 25.0 Å². The molecule has 31 heavy (non-hydrogen) atoms. The summed E-state index contributed by atoms with van der Waals surface area (Å²) in [6.07, 6.45) is -0.335. The summed E-state index contributed by atoms with van der Waals surface area (Å²) < 4.78 is 46.2. The fourth-order valence-electron chi connectivity index (χ4n) is 3.53. The first-order chi connectivity index (χ1) is 14.6. The minimum Gasteiger partial charge on any atom is -0.373 e. The lowest BCUT2D eigenvalue weighted by Gasteiger charge is -2.34. The number of anilines is 1. The first kappa shape index (κ1) is 23.3. The maximum absolute atomic E-state index is 13.3. The van der Waals surface area contributed by atoms with E-state index in [1.165, 1.54) is 28.6 Å². The van der Waals surface area contributed by atoms with Crippen molar-refractivity contribution in [2.45, 2.75) is 43.9 Å².